The molecule has 0 radical (unpaired) electrons. The number of ether oxygens (including phenoxy) is 2. The quantitative estimate of drug-likeness (QED) is 0.271. The van der Waals surface area contributed by atoms with Gasteiger partial charge in [-0.25, -0.2) is 13.8 Å². The molecule has 2 N–H and O–H groups in total. The number of benzene rings is 2. The van der Waals surface area contributed by atoms with Crippen LogP contribution in [0.3, 0.4) is 0 Å². The molecule has 0 aliphatic rings. The molecule has 2 aromatic heterocycles. The number of rotatable bonds is 7. The fraction of sp³-hybridized carbons (Fsp3) is 0.148. The predicted octanol–water partition coefficient (Wildman–Crippen LogP) is 5.31. The number of fused-ring (bicyclic) bond motifs is 1. The van der Waals surface area contributed by atoms with Crippen LogP contribution in [0.25, 0.3) is 28.2 Å². The number of pyridine rings is 1. The highest BCUT2D eigenvalue weighted by Gasteiger charge is 2.17. The van der Waals surface area contributed by atoms with Gasteiger partial charge in [-0.1, -0.05) is 6.07 Å². The lowest BCUT2D eigenvalue weighted by molar-refractivity contribution is -0.117. The van der Waals surface area contributed by atoms with Gasteiger partial charge < -0.3 is 19.8 Å². The molecule has 2 aromatic carbocycles. The second kappa shape index (κ2) is 10.3. The molecule has 0 saturated carbocycles. The monoisotopic (exact) mass is 488 g/mol. The number of carbonyl (C=O) groups excluding carboxylic acids is 1. The Morgan fingerprint density at radius 2 is 1.81 bits per heavy atom. The number of nitrogens with one attached hydrogen (secondary N) is 2. The third-order valence-corrected chi connectivity index (χ3v) is 5.68. The van der Waals surface area contributed by atoms with Crippen molar-refractivity contribution in [3.8, 4) is 28.7 Å². The van der Waals surface area contributed by atoms with Crippen LogP contribution in [-0.4, -0.2) is 30.1 Å². The number of halogens is 2. The minimum Gasteiger partial charge on any atom is -0.493 e. The third-order valence-electron chi connectivity index (χ3n) is 5.68. The fourth-order valence-electron chi connectivity index (χ4n) is 3.81. The maximum absolute atomic E-state index is 13.7. The number of hydrogen-bond donors (Lipinski definition) is 2. The molecule has 2 heterocycles. The Hall–Kier alpha value is -4.71. The lowest BCUT2D eigenvalue weighted by atomic mass is 10.0. The van der Waals surface area contributed by atoms with Gasteiger partial charge in [0.05, 0.1) is 20.3 Å². The Morgan fingerprint density at radius 1 is 1.08 bits per heavy atom. The molecule has 4 aromatic rings. The second-order valence-corrected chi connectivity index (χ2v) is 8.00. The van der Waals surface area contributed by atoms with Crippen molar-refractivity contribution in [3.05, 3.63) is 83.2 Å². The van der Waals surface area contributed by atoms with E-state index < -0.39 is 23.6 Å². The summed E-state index contributed by atoms with van der Waals surface area (Å²) in [6.07, 6.45) is 4.53. The molecule has 7 nitrogen and oxygen atoms in total. The van der Waals surface area contributed by atoms with Crippen molar-refractivity contribution >= 4 is 23.0 Å². The van der Waals surface area contributed by atoms with Crippen LogP contribution in [0.4, 0.5) is 8.78 Å². The number of H-pyrrole nitrogens is 1. The third kappa shape index (κ3) is 5.03. The summed E-state index contributed by atoms with van der Waals surface area (Å²) in [4.78, 5) is 20.2. The van der Waals surface area contributed by atoms with Gasteiger partial charge in [-0.05, 0) is 54.5 Å². The van der Waals surface area contributed by atoms with Gasteiger partial charge in [0.1, 0.15) is 28.9 Å². The maximum Gasteiger partial charge on any atom is 0.262 e. The highest BCUT2D eigenvalue weighted by Crippen LogP contribution is 2.30. The van der Waals surface area contributed by atoms with Crippen LogP contribution < -0.4 is 14.8 Å². The molecule has 9 heteroatoms. The molecule has 0 unspecified atom stereocenters. The Bertz CT molecular complexity index is 1500. The molecule has 36 heavy (non-hydrogen) atoms. The van der Waals surface area contributed by atoms with Gasteiger partial charge in [0.25, 0.3) is 5.91 Å². The van der Waals surface area contributed by atoms with Crippen LogP contribution in [0, 0.1) is 23.0 Å². The lowest BCUT2D eigenvalue weighted by Gasteiger charge is -2.16. The molecular formula is C27H22F2N4O3. The van der Waals surface area contributed by atoms with E-state index in [4.69, 9.17) is 9.47 Å². The van der Waals surface area contributed by atoms with E-state index >= 15 is 0 Å². The van der Waals surface area contributed by atoms with Gasteiger partial charge in [0.2, 0.25) is 0 Å². The van der Waals surface area contributed by atoms with Gasteiger partial charge in [-0.2, -0.15) is 5.26 Å². The highest BCUT2D eigenvalue weighted by molar-refractivity contribution is 6.04. The number of carbonyl (C=O) groups is 1. The van der Waals surface area contributed by atoms with E-state index in [2.05, 4.69) is 15.3 Å². The first-order valence-corrected chi connectivity index (χ1v) is 10.9. The van der Waals surface area contributed by atoms with Crippen LogP contribution >= 0.6 is 0 Å². The van der Waals surface area contributed by atoms with Crippen molar-refractivity contribution < 1.29 is 23.0 Å². The van der Waals surface area contributed by atoms with Gasteiger partial charge in [0, 0.05) is 35.0 Å². The molecule has 0 spiro atoms. The molecule has 0 fully saturated rings. The Morgan fingerprint density at radius 3 is 2.47 bits per heavy atom. The van der Waals surface area contributed by atoms with Crippen molar-refractivity contribution in [1.29, 1.82) is 5.26 Å². The van der Waals surface area contributed by atoms with E-state index in [-0.39, 0.29) is 5.57 Å². The van der Waals surface area contributed by atoms with Crippen LogP contribution in [-0.2, 0) is 4.79 Å². The van der Waals surface area contributed by atoms with Crippen LogP contribution in [0.1, 0.15) is 24.1 Å². The summed E-state index contributed by atoms with van der Waals surface area (Å²) in [5.74, 6) is -0.888. The van der Waals surface area contributed by atoms with Crippen molar-refractivity contribution in [3.63, 3.8) is 0 Å². The van der Waals surface area contributed by atoms with Gasteiger partial charge in [0.15, 0.2) is 11.5 Å². The molecular weight excluding hydrogens is 466 g/mol. The van der Waals surface area contributed by atoms with E-state index in [0.29, 0.717) is 39.2 Å². The summed E-state index contributed by atoms with van der Waals surface area (Å²) in [7, 11) is 3.06. The molecule has 1 amide bonds. The molecule has 182 valence electrons. The first-order valence-electron chi connectivity index (χ1n) is 10.9. The summed E-state index contributed by atoms with van der Waals surface area (Å²) in [5.41, 5.74) is 2.48. The van der Waals surface area contributed by atoms with E-state index in [1.807, 2.05) is 6.07 Å². The first-order chi connectivity index (χ1) is 17.3. The normalized spacial score (nSPS) is 12.2. The number of methoxy groups -OCH3 is 2. The van der Waals surface area contributed by atoms with E-state index in [0.717, 1.165) is 11.6 Å². The summed E-state index contributed by atoms with van der Waals surface area (Å²) < 4.78 is 37.9. The van der Waals surface area contributed by atoms with E-state index in [9.17, 15) is 18.8 Å². The van der Waals surface area contributed by atoms with Crippen molar-refractivity contribution in [2.24, 2.45) is 0 Å². The Labute approximate surface area is 206 Å². The first kappa shape index (κ1) is 24.4. The molecule has 0 aliphatic carbocycles. The molecule has 4 rings (SSSR count). The zero-order valence-electron chi connectivity index (χ0n) is 19.7. The van der Waals surface area contributed by atoms with Crippen LogP contribution in [0.5, 0.6) is 11.5 Å². The largest absolute Gasteiger partial charge is 0.493 e. The van der Waals surface area contributed by atoms with Gasteiger partial charge in [-0.3, -0.25) is 4.79 Å². The van der Waals surface area contributed by atoms with E-state index in [1.165, 1.54) is 38.6 Å². The predicted molar refractivity (Wildman–Crippen MR) is 131 cm³/mol. The molecule has 0 saturated heterocycles. The topological polar surface area (TPSA) is 100 Å². The highest BCUT2D eigenvalue weighted by atomic mass is 19.1. The Balaban J connectivity index is 1.62. The number of nitrogens with zero attached hydrogens (tertiary/aromatic N) is 2. The zero-order chi connectivity index (χ0) is 25.8. The van der Waals surface area contributed by atoms with E-state index in [1.54, 1.807) is 37.4 Å². The fourth-order valence-corrected chi connectivity index (χ4v) is 3.81. The van der Waals surface area contributed by atoms with Crippen molar-refractivity contribution in [2.45, 2.75) is 13.0 Å². The molecule has 0 bridgehead atoms. The minimum absolute atomic E-state index is 0.120. The van der Waals surface area contributed by atoms with Gasteiger partial charge in [-0.15, -0.1) is 0 Å². The zero-order valence-corrected chi connectivity index (χ0v) is 19.7. The average molecular weight is 488 g/mol. The lowest BCUT2D eigenvalue weighted by Crippen LogP contribution is -2.27. The smallest absolute Gasteiger partial charge is 0.262 e. The summed E-state index contributed by atoms with van der Waals surface area (Å²) in [6.45, 7) is 1.79. The van der Waals surface area contributed by atoms with Crippen LogP contribution in [0.2, 0.25) is 0 Å². The standard InChI is InChI=1S/C27H22F2N4O3/c1-15(16-4-5-24(35-2)25(10-16)36-3)33-27(34)18(12-30)6-20-14-32-26-23(20)9-19(13-31-26)17-7-21(28)11-22(29)8-17/h4-11,13-15H,1-3H3,(H,31,32)(H,33,34)/b18-6+/t15-/m1/s1. The number of aromatic amines is 1. The minimum atomic E-state index is -0.702. The van der Waals surface area contributed by atoms with Gasteiger partial charge >= 0.3 is 0 Å². The summed E-state index contributed by atoms with van der Waals surface area (Å²) in [6, 6.07) is 11.7. The second-order valence-electron chi connectivity index (χ2n) is 8.00. The number of nitriles is 1. The Kier molecular flexibility index (Phi) is 6.97. The SMILES string of the molecule is COc1ccc([C@@H](C)NC(=O)/C(C#N)=C/c2c[nH]c3ncc(-c4cc(F)cc(F)c4)cc23)cc1OC. The van der Waals surface area contributed by atoms with Crippen molar-refractivity contribution in [2.75, 3.05) is 14.2 Å². The number of aromatic nitrogens is 2. The maximum atomic E-state index is 13.7. The van der Waals surface area contributed by atoms with Crippen molar-refractivity contribution in [1.82, 2.24) is 15.3 Å². The van der Waals surface area contributed by atoms with Crippen LogP contribution in [0.15, 0.2) is 60.4 Å². The average Bonchev–Trinajstić information content (AvgIpc) is 3.27. The molecule has 1 atom stereocenters. The summed E-state index contributed by atoms with van der Waals surface area (Å²) in [5, 5.41) is 13.1. The molecule has 0 aliphatic heterocycles. The summed E-state index contributed by atoms with van der Waals surface area (Å²) >= 11 is 0. The number of amides is 1. The number of hydrogen-bond acceptors (Lipinski definition) is 5.